The van der Waals surface area contributed by atoms with Crippen molar-refractivity contribution in [2.75, 3.05) is 0 Å². The Kier molecular flexibility index (Phi) is 2.83. The van der Waals surface area contributed by atoms with Crippen molar-refractivity contribution in [1.82, 2.24) is 0 Å². The standard InChI is InChI=1S/C17H14O4/c1-17(2,16(19)20)12-8-5-7-11-14(18)10-6-3-4-9-13(10)21-15(11)12/h3-9H,1-2H3,(H,19,20). The van der Waals surface area contributed by atoms with E-state index in [4.69, 9.17) is 4.42 Å². The first-order chi connectivity index (χ1) is 9.93. The number of carboxylic acid groups (broad SMARTS) is 1. The van der Waals surface area contributed by atoms with E-state index in [0.29, 0.717) is 27.5 Å². The Labute approximate surface area is 120 Å². The lowest BCUT2D eigenvalue weighted by molar-refractivity contribution is -0.142. The predicted octanol–water partition coefficient (Wildman–Crippen LogP) is 3.31. The van der Waals surface area contributed by atoms with Crippen LogP contribution >= 0.6 is 0 Å². The zero-order valence-corrected chi connectivity index (χ0v) is 11.7. The molecule has 3 rings (SSSR count). The van der Waals surface area contributed by atoms with Gasteiger partial charge in [0.25, 0.3) is 0 Å². The first-order valence-electron chi connectivity index (χ1n) is 6.61. The Hall–Kier alpha value is -2.62. The molecule has 1 aromatic heterocycles. The molecular formula is C17H14O4. The van der Waals surface area contributed by atoms with Gasteiger partial charge in [-0.2, -0.15) is 0 Å². The van der Waals surface area contributed by atoms with Crippen molar-refractivity contribution in [3.63, 3.8) is 0 Å². The van der Waals surface area contributed by atoms with Crippen LogP contribution in [0.25, 0.3) is 21.9 Å². The van der Waals surface area contributed by atoms with Crippen LogP contribution in [-0.2, 0) is 10.2 Å². The van der Waals surface area contributed by atoms with Crippen molar-refractivity contribution in [3.8, 4) is 0 Å². The summed E-state index contributed by atoms with van der Waals surface area (Å²) in [6, 6.07) is 12.0. The Bertz CT molecular complexity index is 919. The summed E-state index contributed by atoms with van der Waals surface area (Å²) in [5.74, 6) is -0.967. The number of fused-ring (bicyclic) bond motifs is 2. The van der Waals surface area contributed by atoms with Crippen LogP contribution in [0.2, 0.25) is 0 Å². The normalized spacial score (nSPS) is 11.9. The monoisotopic (exact) mass is 282 g/mol. The molecular weight excluding hydrogens is 268 g/mol. The summed E-state index contributed by atoms with van der Waals surface area (Å²) < 4.78 is 5.83. The highest BCUT2D eigenvalue weighted by molar-refractivity contribution is 5.94. The van der Waals surface area contributed by atoms with Crippen LogP contribution in [0.1, 0.15) is 19.4 Å². The number of para-hydroxylation sites is 2. The smallest absolute Gasteiger partial charge is 0.313 e. The van der Waals surface area contributed by atoms with Gasteiger partial charge in [0.05, 0.1) is 16.2 Å². The van der Waals surface area contributed by atoms with Gasteiger partial charge in [-0.3, -0.25) is 9.59 Å². The number of benzene rings is 2. The summed E-state index contributed by atoms with van der Waals surface area (Å²) >= 11 is 0. The number of hydrogen-bond acceptors (Lipinski definition) is 3. The molecule has 0 saturated heterocycles. The second kappa shape index (κ2) is 4.45. The van der Waals surface area contributed by atoms with Gasteiger partial charge in [-0.05, 0) is 32.0 Å². The SMILES string of the molecule is CC(C)(C(=O)O)c1cccc2c(=O)c3ccccc3oc12. The Balaban J connectivity index is 2.50. The number of hydrogen-bond donors (Lipinski definition) is 1. The first kappa shape index (κ1) is 13.4. The van der Waals surface area contributed by atoms with Crippen LogP contribution in [-0.4, -0.2) is 11.1 Å². The molecule has 0 atom stereocenters. The molecule has 2 aromatic carbocycles. The van der Waals surface area contributed by atoms with Gasteiger partial charge in [-0.25, -0.2) is 0 Å². The average Bonchev–Trinajstić information content (AvgIpc) is 2.47. The van der Waals surface area contributed by atoms with Gasteiger partial charge in [0, 0.05) is 5.56 Å². The molecule has 0 fully saturated rings. The summed E-state index contributed by atoms with van der Waals surface area (Å²) in [5.41, 5.74) is 0.0141. The number of rotatable bonds is 2. The summed E-state index contributed by atoms with van der Waals surface area (Å²) in [5, 5.41) is 10.3. The fourth-order valence-electron chi connectivity index (χ4n) is 2.43. The first-order valence-corrected chi connectivity index (χ1v) is 6.61. The van der Waals surface area contributed by atoms with E-state index in [0.717, 1.165) is 0 Å². The molecule has 106 valence electrons. The fraction of sp³-hybridized carbons (Fsp3) is 0.176. The molecule has 3 aromatic rings. The quantitative estimate of drug-likeness (QED) is 0.732. The molecule has 1 N–H and O–H groups in total. The molecule has 21 heavy (non-hydrogen) atoms. The van der Waals surface area contributed by atoms with Crippen LogP contribution in [0.15, 0.2) is 51.7 Å². The fourth-order valence-corrected chi connectivity index (χ4v) is 2.43. The number of carboxylic acids is 1. The van der Waals surface area contributed by atoms with E-state index in [9.17, 15) is 14.7 Å². The minimum atomic E-state index is -1.14. The Morgan fingerprint density at radius 1 is 1.05 bits per heavy atom. The molecule has 4 heteroatoms. The molecule has 0 aliphatic rings. The van der Waals surface area contributed by atoms with Crippen LogP contribution in [0.3, 0.4) is 0 Å². The second-order valence-electron chi connectivity index (χ2n) is 5.54. The zero-order chi connectivity index (χ0) is 15.2. The van der Waals surface area contributed by atoms with Gasteiger partial charge in [0.1, 0.15) is 11.2 Å². The molecule has 0 saturated carbocycles. The average molecular weight is 282 g/mol. The van der Waals surface area contributed by atoms with Gasteiger partial charge in [0.2, 0.25) is 5.43 Å². The largest absolute Gasteiger partial charge is 0.481 e. The van der Waals surface area contributed by atoms with Crippen LogP contribution < -0.4 is 5.43 Å². The third-order valence-corrected chi connectivity index (χ3v) is 3.81. The molecule has 0 unspecified atom stereocenters. The third-order valence-electron chi connectivity index (χ3n) is 3.81. The topological polar surface area (TPSA) is 67.5 Å². The van der Waals surface area contributed by atoms with Crippen molar-refractivity contribution < 1.29 is 14.3 Å². The highest BCUT2D eigenvalue weighted by Gasteiger charge is 2.32. The highest BCUT2D eigenvalue weighted by Crippen LogP contribution is 2.31. The maximum Gasteiger partial charge on any atom is 0.313 e. The van der Waals surface area contributed by atoms with Gasteiger partial charge in [0.15, 0.2) is 0 Å². The summed E-state index contributed by atoms with van der Waals surface area (Å²) in [6.45, 7) is 3.19. The minimum Gasteiger partial charge on any atom is -0.481 e. The molecule has 0 bridgehead atoms. The van der Waals surface area contributed by atoms with E-state index in [1.54, 1.807) is 56.3 Å². The lowest BCUT2D eigenvalue weighted by atomic mass is 9.83. The van der Waals surface area contributed by atoms with Crippen molar-refractivity contribution >= 4 is 27.9 Å². The predicted molar refractivity (Wildman–Crippen MR) is 80.7 cm³/mol. The molecule has 0 radical (unpaired) electrons. The van der Waals surface area contributed by atoms with E-state index >= 15 is 0 Å². The lowest BCUT2D eigenvalue weighted by Crippen LogP contribution is -2.29. The summed E-state index contributed by atoms with van der Waals surface area (Å²) in [4.78, 5) is 24.0. The molecule has 0 aliphatic heterocycles. The lowest BCUT2D eigenvalue weighted by Gasteiger charge is -2.20. The van der Waals surface area contributed by atoms with Crippen molar-refractivity contribution in [1.29, 1.82) is 0 Å². The van der Waals surface area contributed by atoms with E-state index in [-0.39, 0.29) is 5.43 Å². The van der Waals surface area contributed by atoms with Crippen molar-refractivity contribution in [2.45, 2.75) is 19.3 Å². The maximum atomic E-state index is 12.5. The molecule has 0 amide bonds. The minimum absolute atomic E-state index is 0.144. The third kappa shape index (κ3) is 1.91. The van der Waals surface area contributed by atoms with E-state index in [1.165, 1.54) is 0 Å². The Morgan fingerprint density at radius 3 is 2.43 bits per heavy atom. The van der Waals surface area contributed by atoms with Crippen LogP contribution in [0.4, 0.5) is 0 Å². The zero-order valence-electron chi connectivity index (χ0n) is 11.7. The molecule has 1 heterocycles. The van der Waals surface area contributed by atoms with Gasteiger partial charge < -0.3 is 9.52 Å². The molecule has 0 aliphatic carbocycles. The molecule has 0 spiro atoms. The maximum absolute atomic E-state index is 12.5. The van der Waals surface area contributed by atoms with E-state index in [1.807, 2.05) is 0 Å². The van der Waals surface area contributed by atoms with E-state index < -0.39 is 11.4 Å². The highest BCUT2D eigenvalue weighted by atomic mass is 16.4. The van der Waals surface area contributed by atoms with Gasteiger partial charge in [-0.15, -0.1) is 0 Å². The van der Waals surface area contributed by atoms with E-state index in [2.05, 4.69) is 0 Å². The van der Waals surface area contributed by atoms with Crippen LogP contribution in [0, 0.1) is 0 Å². The Morgan fingerprint density at radius 2 is 1.71 bits per heavy atom. The summed E-state index contributed by atoms with van der Waals surface area (Å²) in [6.07, 6.45) is 0. The van der Waals surface area contributed by atoms with Crippen LogP contribution in [0.5, 0.6) is 0 Å². The van der Waals surface area contributed by atoms with Crippen molar-refractivity contribution in [3.05, 3.63) is 58.3 Å². The second-order valence-corrected chi connectivity index (χ2v) is 5.54. The number of aliphatic carboxylic acids is 1. The van der Waals surface area contributed by atoms with Crippen molar-refractivity contribution in [2.24, 2.45) is 0 Å². The number of carbonyl (C=O) groups is 1. The molecule has 4 nitrogen and oxygen atoms in total. The van der Waals surface area contributed by atoms with Gasteiger partial charge in [-0.1, -0.05) is 24.3 Å². The van der Waals surface area contributed by atoms with Gasteiger partial charge >= 0.3 is 5.97 Å². The summed E-state index contributed by atoms with van der Waals surface area (Å²) in [7, 11) is 0.